The fourth-order valence-corrected chi connectivity index (χ4v) is 5.78. The van der Waals surface area contributed by atoms with Crippen molar-refractivity contribution in [2.24, 2.45) is 0 Å². The summed E-state index contributed by atoms with van der Waals surface area (Å²) in [6.07, 6.45) is 5.88. The van der Waals surface area contributed by atoms with Crippen molar-refractivity contribution in [1.82, 2.24) is 9.97 Å². The summed E-state index contributed by atoms with van der Waals surface area (Å²) in [6.45, 7) is 1.26. The van der Waals surface area contributed by atoms with Gasteiger partial charge in [-0.25, -0.2) is 9.97 Å². The fraction of sp³-hybridized carbons (Fsp3) is 0.350. The quantitative estimate of drug-likeness (QED) is 0.371. The highest BCUT2D eigenvalue weighted by molar-refractivity contribution is 8.00. The Kier molecular flexibility index (Phi) is 4.49. The molecule has 0 spiro atoms. The van der Waals surface area contributed by atoms with E-state index in [-0.39, 0.29) is 5.78 Å². The maximum atomic E-state index is 12.7. The summed E-state index contributed by atoms with van der Waals surface area (Å²) in [7, 11) is 0. The summed E-state index contributed by atoms with van der Waals surface area (Å²) in [6, 6.07) is 5.43. The highest BCUT2D eigenvalue weighted by Gasteiger charge is 2.22. The number of hydrogen-bond acceptors (Lipinski definition) is 7. The third-order valence-electron chi connectivity index (χ3n) is 4.88. The zero-order valence-corrected chi connectivity index (χ0v) is 16.3. The van der Waals surface area contributed by atoms with Crippen molar-refractivity contribution < 1.29 is 14.3 Å². The Morgan fingerprint density at radius 3 is 2.93 bits per heavy atom. The van der Waals surface area contributed by atoms with E-state index in [9.17, 15) is 4.79 Å². The minimum atomic E-state index is 0.0642. The van der Waals surface area contributed by atoms with Crippen LogP contribution in [0.25, 0.3) is 10.2 Å². The molecule has 0 N–H and O–H groups in total. The first kappa shape index (κ1) is 17.0. The number of aromatic nitrogens is 2. The smallest absolute Gasteiger partial charge is 0.173 e. The topological polar surface area (TPSA) is 61.3 Å². The van der Waals surface area contributed by atoms with Crippen LogP contribution in [0.1, 0.15) is 33.6 Å². The van der Waals surface area contributed by atoms with Crippen LogP contribution in [0.2, 0.25) is 0 Å². The van der Waals surface area contributed by atoms with Gasteiger partial charge in [0.15, 0.2) is 17.3 Å². The number of thiophene rings is 1. The van der Waals surface area contributed by atoms with E-state index in [4.69, 9.17) is 9.47 Å². The second-order valence-corrected chi connectivity index (χ2v) is 8.69. The SMILES string of the molecule is O=C(CSc1ncnc2sc3c(c12)CCC3)c1ccc2c(c1)OCCCO2. The van der Waals surface area contributed by atoms with Crippen molar-refractivity contribution >= 4 is 39.1 Å². The molecule has 0 amide bonds. The van der Waals surface area contributed by atoms with Gasteiger partial charge in [-0.1, -0.05) is 11.8 Å². The largest absolute Gasteiger partial charge is 0.490 e. The average Bonchev–Trinajstić information content (AvgIpc) is 3.19. The number of benzene rings is 1. The molecular weight excluding hydrogens is 380 g/mol. The van der Waals surface area contributed by atoms with Crippen LogP contribution in [0.4, 0.5) is 0 Å². The molecule has 7 heteroatoms. The number of thioether (sulfide) groups is 1. The van der Waals surface area contributed by atoms with Crippen LogP contribution in [0, 0.1) is 0 Å². The predicted molar refractivity (Wildman–Crippen MR) is 107 cm³/mol. The molecule has 0 saturated heterocycles. The molecule has 138 valence electrons. The Morgan fingerprint density at radius 1 is 1.11 bits per heavy atom. The number of hydrogen-bond donors (Lipinski definition) is 0. The minimum absolute atomic E-state index is 0.0642. The second kappa shape index (κ2) is 7.13. The van der Waals surface area contributed by atoms with Crippen molar-refractivity contribution in [3.05, 3.63) is 40.5 Å². The number of Topliss-reactive ketones (excluding diaryl/α,β-unsaturated/α-hetero) is 1. The van der Waals surface area contributed by atoms with E-state index >= 15 is 0 Å². The summed E-state index contributed by atoms with van der Waals surface area (Å²) < 4.78 is 11.3. The van der Waals surface area contributed by atoms with E-state index in [0.29, 0.717) is 36.0 Å². The first-order valence-corrected chi connectivity index (χ1v) is 10.9. The number of ether oxygens (including phenoxy) is 2. The molecular formula is C20H18N2O3S2. The van der Waals surface area contributed by atoms with Crippen molar-refractivity contribution in [3.8, 4) is 11.5 Å². The molecule has 0 saturated carbocycles. The van der Waals surface area contributed by atoms with Crippen LogP contribution < -0.4 is 9.47 Å². The average molecular weight is 399 g/mol. The van der Waals surface area contributed by atoms with Crippen molar-refractivity contribution in [2.45, 2.75) is 30.7 Å². The summed E-state index contributed by atoms with van der Waals surface area (Å²) in [5, 5.41) is 2.08. The second-order valence-electron chi connectivity index (χ2n) is 6.64. The fourth-order valence-electron chi connectivity index (χ4n) is 3.56. The third-order valence-corrected chi connectivity index (χ3v) is 7.07. The monoisotopic (exact) mass is 398 g/mol. The number of fused-ring (bicyclic) bond motifs is 4. The van der Waals surface area contributed by atoms with Gasteiger partial charge in [-0.3, -0.25) is 4.79 Å². The number of ketones is 1. The molecule has 0 radical (unpaired) electrons. The van der Waals surface area contributed by atoms with Crippen molar-refractivity contribution in [2.75, 3.05) is 19.0 Å². The number of rotatable bonds is 4. The maximum absolute atomic E-state index is 12.7. The van der Waals surface area contributed by atoms with E-state index in [0.717, 1.165) is 34.5 Å². The van der Waals surface area contributed by atoms with Crippen LogP contribution in [-0.2, 0) is 12.8 Å². The van der Waals surface area contributed by atoms with Crippen LogP contribution >= 0.6 is 23.1 Å². The van der Waals surface area contributed by atoms with Gasteiger partial charge >= 0.3 is 0 Å². The molecule has 2 aliphatic rings. The third kappa shape index (κ3) is 3.19. The van der Waals surface area contributed by atoms with E-state index in [1.807, 2.05) is 12.1 Å². The lowest BCUT2D eigenvalue weighted by atomic mass is 10.1. The molecule has 5 rings (SSSR count). The molecule has 27 heavy (non-hydrogen) atoms. The first-order valence-electron chi connectivity index (χ1n) is 9.10. The standard InChI is InChI=1S/C20H18N2O3S2/c23-14(12-5-6-15-16(9-12)25-8-2-7-24-15)10-26-19-18-13-3-1-4-17(13)27-20(18)22-11-21-19/h5-6,9,11H,1-4,7-8,10H2. The van der Waals surface area contributed by atoms with E-state index in [1.165, 1.54) is 28.6 Å². The maximum Gasteiger partial charge on any atom is 0.173 e. The van der Waals surface area contributed by atoms with Crippen LogP contribution in [0.15, 0.2) is 29.6 Å². The lowest BCUT2D eigenvalue weighted by molar-refractivity contribution is 0.102. The lowest BCUT2D eigenvalue weighted by Gasteiger charge is -2.09. The molecule has 3 heterocycles. The van der Waals surface area contributed by atoms with Gasteiger partial charge in [-0.2, -0.15) is 0 Å². The van der Waals surface area contributed by atoms with Gasteiger partial charge in [-0.05, 0) is 43.0 Å². The molecule has 0 unspecified atom stereocenters. The molecule has 5 nitrogen and oxygen atoms in total. The Balaban J connectivity index is 1.37. The van der Waals surface area contributed by atoms with Gasteiger partial charge in [0.2, 0.25) is 0 Å². The number of nitrogens with zero attached hydrogens (tertiary/aromatic N) is 2. The van der Waals surface area contributed by atoms with Gasteiger partial charge < -0.3 is 9.47 Å². The zero-order valence-electron chi connectivity index (χ0n) is 14.7. The first-order chi connectivity index (χ1) is 13.3. The summed E-state index contributed by atoms with van der Waals surface area (Å²) >= 11 is 3.27. The highest BCUT2D eigenvalue weighted by Crippen LogP contribution is 2.40. The van der Waals surface area contributed by atoms with Gasteiger partial charge in [0.1, 0.15) is 16.2 Å². The lowest BCUT2D eigenvalue weighted by Crippen LogP contribution is -2.04. The highest BCUT2D eigenvalue weighted by atomic mass is 32.2. The zero-order chi connectivity index (χ0) is 18.2. The van der Waals surface area contributed by atoms with Crippen LogP contribution in [0.5, 0.6) is 11.5 Å². The Bertz CT molecular complexity index is 1030. The molecule has 1 aliphatic heterocycles. The van der Waals surface area contributed by atoms with Crippen LogP contribution in [0.3, 0.4) is 0 Å². The van der Waals surface area contributed by atoms with Crippen molar-refractivity contribution in [1.29, 1.82) is 0 Å². The van der Waals surface area contributed by atoms with Gasteiger partial charge in [-0.15, -0.1) is 11.3 Å². The van der Waals surface area contributed by atoms with Crippen LogP contribution in [-0.4, -0.2) is 34.7 Å². The molecule has 2 aromatic heterocycles. The molecule has 1 aromatic carbocycles. The van der Waals surface area contributed by atoms with E-state index in [1.54, 1.807) is 23.7 Å². The van der Waals surface area contributed by atoms with Gasteiger partial charge in [0.05, 0.1) is 19.0 Å². The summed E-state index contributed by atoms with van der Waals surface area (Å²) in [4.78, 5) is 24.1. The van der Waals surface area contributed by atoms with Gasteiger partial charge in [0.25, 0.3) is 0 Å². The van der Waals surface area contributed by atoms with Crippen molar-refractivity contribution in [3.63, 3.8) is 0 Å². The summed E-state index contributed by atoms with van der Waals surface area (Å²) in [5.74, 6) is 1.77. The summed E-state index contributed by atoms with van der Waals surface area (Å²) in [5.41, 5.74) is 2.04. The Labute approximate surface area is 165 Å². The molecule has 0 bridgehead atoms. The Morgan fingerprint density at radius 2 is 2.00 bits per heavy atom. The molecule has 1 aliphatic carbocycles. The molecule has 0 atom stereocenters. The predicted octanol–water partition coefficient (Wildman–Crippen LogP) is 4.32. The number of carbonyl (C=O) groups is 1. The molecule has 0 fully saturated rings. The normalized spacial score (nSPS) is 15.6. The molecule has 3 aromatic rings. The Hall–Kier alpha value is -2.12. The number of carbonyl (C=O) groups excluding carboxylic acids is 1. The van der Waals surface area contributed by atoms with Gasteiger partial charge in [0, 0.05) is 22.2 Å². The van der Waals surface area contributed by atoms with E-state index in [2.05, 4.69) is 9.97 Å². The number of aryl methyl sites for hydroxylation is 2. The van der Waals surface area contributed by atoms with E-state index < -0.39 is 0 Å². The minimum Gasteiger partial charge on any atom is -0.490 e.